The number of nitrogens with zero attached hydrogens (tertiary/aromatic N) is 1. The molecule has 1 saturated heterocycles. The minimum Gasteiger partial charge on any atom is -0.481 e. The molecule has 12 nitrogen and oxygen atoms in total. The Morgan fingerprint density at radius 1 is 1.18 bits per heavy atom. The molecule has 2 aromatic rings. The molecule has 8 rings (SSSR count). The average Bonchev–Trinajstić information content (AvgIpc) is 3.60. The highest BCUT2D eigenvalue weighted by Gasteiger charge is 2.64. The summed E-state index contributed by atoms with van der Waals surface area (Å²) in [4.78, 5) is 44.2. The van der Waals surface area contributed by atoms with Gasteiger partial charge in [-0.1, -0.05) is 58.6 Å². The Balaban J connectivity index is 1.27. The first-order chi connectivity index (χ1) is 28.9. The molecule has 0 bridgehead atoms. The summed E-state index contributed by atoms with van der Waals surface area (Å²) >= 11 is 0. The van der Waals surface area contributed by atoms with E-state index in [9.17, 15) is 24.6 Å². The standard InChI is InChI=1S/C46H60N4O8S2/c1-5-27(2)42(54)58-44(3)13-9-28-25-59-60-26-36-32(21-48-4)23-50(36)40(53)17-31-22-49-39(47)18-34(31)41(28)46(44)20-30-15-29-16-35(43(55)56-37(29)19-38(30)57-46)45(11-7-6-8-12-45)33(24-52)10-14-51/h5,9,15-16,18-19,32-33,36,41,48-49,51-52H,6-8,10-14,17,20-26,47H2,1-4H3. The lowest BCUT2D eigenvalue weighted by Crippen LogP contribution is -2.65. The first-order valence-electron chi connectivity index (χ1n) is 21.6. The minimum atomic E-state index is -1.18. The fourth-order valence-electron chi connectivity index (χ4n) is 11.1. The van der Waals surface area contributed by atoms with Crippen LogP contribution >= 0.6 is 21.6 Å². The number of nitrogens with two attached hydrogens (primary N) is 1. The smallest absolute Gasteiger partial charge is 0.340 e. The second-order valence-electron chi connectivity index (χ2n) is 17.9. The zero-order valence-corrected chi connectivity index (χ0v) is 36.9. The number of carbonyl (C=O) groups excluding carboxylic acids is 2. The van der Waals surface area contributed by atoms with Crippen LogP contribution in [-0.4, -0.2) is 95.6 Å². The van der Waals surface area contributed by atoms with Crippen LogP contribution in [0.5, 0.6) is 5.75 Å². The largest absolute Gasteiger partial charge is 0.481 e. The molecule has 1 amide bonds. The highest BCUT2D eigenvalue weighted by molar-refractivity contribution is 8.76. The van der Waals surface area contributed by atoms with Crippen molar-refractivity contribution in [3.63, 3.8) is 0 Å². The minimum absolute atomic E-state index is 0.0797. The van der Waals surface area contributed by atoms with E-state index in [2.05, 4.69) is 16.7 Å². The van der Waals surface area contributed by atoms with Gasteiger partial charge in [-0.2, -0.15) is 0 Å². The van der Waals surface area contributed by atoms with Crippen molar-refractivity contribution in [3.8, 4) is 5.75 Å². The van der Waals surface area contributed by atoms with Crippen molar-refractivity contribution >= 4 is 44.4 Å². The average molecular weight is 861 g/mol. The second-order valence-corrected chi connectivity index (χ2v) is 20.4. The van der Waals surface area contributed by atoms with Gasteiger partial charge in [0.1, 0.15) is 11.3 Å². The number of hydrogen-bond acceptors (Lipinski definition) is 13. The molecule has 5 heterocycles. The summed E-state index contributed by atoms with van der Waals surface area (Å²) in [6.07, 6.45) is 11.6. The number of ether oxygens (including phenoxy) is 2. The van der Waals surface area contributed by atoms with Crippen molar-refractivity contribution in [1.29, 1.82) is 0 Å². The third-order valence-corrected chi connectivity index (χ3v) is 16.9. The number of benzene rings is 1. The fraction of sp³-hybridized carbons (Fsp3) is 0.587. The number of amides is 1. The lowest BCUT2D eigenvalue weighted by Gasteiger charge is -2.53. The Morgan fingerprint density at radius 3 is 2.72 bits per heavy atom. The van der Waals surface area contributed by atoms with E-state index in [4.69, 9.17) is 19.6 Å². The van der Waals surface area contributed by atoms with Crippen LogP contribution in [0.3, 0.4) is 0 Å². The molecule has 14 heteroatoms. The molecule has 6 unspecified atom stereocenters. The van der Waals surface area contributed by atoms with Gasteiger partial charge in [0.05, 0.1) is 18.2 Å². The van der Waals surface area contributed by atoms with E-state index in [-0.39, 0.29) is 37.5 Å². The first-order valence-corrected chi connectivity index (χ1v) is 24.1. The van der Waals surface area contributed by atoms with Crippen molar-refractivity contribution in [2.45, 2.75) is 101 Å². The molecule has 60 heavy (non-hydrogen) atoms. The summed E-state index contributed by atoms with van der Waals surface area (Å²) in [6, 6.07) is 5.93. The van der Waals surface area contributed by atoms with Gasteiger partial charge in [-0.3, -0.25) is 4.79 Å². The van der Waals surface area contributed by atoms with E-state index >= 15 is 0 Å². The van der Waals surface area contributed by atoms with Gasteiger partial charge in [-0.25, -0.2) is 9.59 Å². The van der Waals surface area contributed by atoms with Gasteiger partial charge < -0.3 is 45.4 Å². The number of rotatable bonds is 9. The van der Waals surface area contributed by atoms with Crippen molar-refractivity contribution < 1.29 is 33.7 Å². The highest BCUT2D eigenvalue weighted by Crippen LogP contribution is 2.58. The number of aliphatic hydroxyl groups is 2. The summed E-state index contributed by atoms with van der Waals surface area (Å²) in [5, 5.41) is 27.9. The van der Waals surface area contributed by atoms with Crippen molar-refractivity contribution in [3.05, 3.63) is 86.1 Å². The van der Waals surface area contributed by atoms with Gasteiger partial charge in [0.15, 0.2) is 11.2 Å². The summed E-state index contributed by atoms with van der Waals surface area (Å²) in [7, 11) is 5.52. The number of fused-ring (bicyclic) bond motifs is 6. The number of hydrogen-bond donors (Lipinski definition) is 5. The van der Waals surface area contributed by atoms with Crippen LogP contribution in [0, 0.1) is 17.8 Å². The van der Waals surface area contributed by atoms with E-state index in [0.717, 1.165) is 72.1 Å². The lowest BCUT2D eigenvalue weighted by atomic mass is 9.61. The second kappa shape index (κ2) is 17.2. The van der Waals surface area contributed by atoms with Crippen LogP contribution in [0.1, 0.15) is 83.3 Å². The normalized spacial score (nSPS) is 29.6. The Morgan fingerprint density at radius 2 is 1.98 bits per heavy atom. The molecule has 1 aromatic heterocycles. The van der Waals surface area contributed by atoms with Crippen LogP contribution in [0.15, 0.2) is 73.8 Å². The highest BCUT2D eigenvalue weighted by atomic mass is 33.1. The monoisotopic (exact) mass is 860 g/mol. The molecule has 6 aliphatic rings. The maximum Gasteiger partial charge on any atom is 0.340 e. The topological polar surface area (TPSA) is 177 Å². The number of allylic oxidation sites excluding steroid dienone is 2. The quantitative estimate of drug-likeness (QED) is 0.0713. The number of carbonyl (C=O) groups is 2. The molecule has 1 aromatic carbocycles. The van der Waals surface area contributed by atoms with Gasteiger partial charge in [-0.05, 0) is 87.9 Å². The molecule has 324 valence electrons. The van der Waals surface area contributed by atoms with Crippen molar-refractivity contribution in [1.82, 2.24) is 15.5 Å². The maximum absolute atomic E-state index is 14.2. The molecule has 2 fully saturated rings. The van der Waals surface area contributed by atoms with Gasteiger partial charge in [0, 0.05) is 97.2 Å². The van der Waals surface area contributed by atoms with Gasteiger partial charge in [0.25, 0.3) is 0 Å². The number of esters is 1. The summed E-state index contributed by atoms with van der Waals surface area (Å²) in [5.74, 6) is 1.85. The zero-order valence-electron chi connectivity index (χ0n) is 35.3. The molecule has 1 spiro atoms. The van der Waals surface area contributed by atoms with Gasteiger partial charge in [-0.15, -0.1) is 0 Å². The summed E-state index contributed by atoms with van der Waals surface area (Å²) in [6.45, 7) is 7.28. The molecular weight excluding hydrogens is 801 g/mol. The van der Waals surface area contributed by atoms with Crippen LogP contribution in [0.4, 0.5) is 0 Å². The molecule has 1 saturated carbocycles. The van der Waals surface area contributed by atoms with Gasteiger partial charge >= 0.3 is 11.6 Å². The van der Waals surface area contributed by atoms with Gasteiger partial charge in [0.2, 0.25) is 5.91 Å². The maximum atomic E-state index is 14.2. The number of nitrogens with one attached hydrogen (secondary N) is 2. The predicted octanol–water partition coefficient (Wildman–Crippen LogP) is 5.41. The third kappa shape index (κ3) is 7.41. The van der Waals surface area contributed by atoms with E-state index < -0.39 is 34.1 Å². The van der Waals surface area contributed by atoms with Crippen molar-refractivity contribution in [2.75, 3.05) is 51.4 Å². The molecule has 2 aliphatic carbocycles. The Kier molecular flexibility index (Phi) is 12.3. The van der Waals surface area contributed by atoms with Crippen LogP contribution in [0.2, 0.25) is 0 Å². The third-order valence-electron chi connectivity index (χ3n) is 14.6. The number of aliphatic hydroxyl groups excluding tert-OH is 2. The Labute approximate surface area is 360 Å². The van der Waals surface area contributed by atoms with Crippen LogP contribution < -0.4 is 26.7 Å². The van der Waals surface area contributed by atoms with Crippen LogP contribution in [0.25, 0.3) is 11.0 Å². The lowest BCUT2D eigenvalue weighted by molar-refractivity contribution is -0.186. The molecule has 6 atom stereocenters. The molecule has 4 aliphatic heterocycles. The van der Waals surface area contributed by atoms with E-state index in [1.807, 2.05) is 44.0 Å². The summed E-state index contributed by atoms with van der Waals surface area (Å²) < 4.78 is 20.2. The zero-order chi connectivity index (χ0) is 42.4. The first kappa shape index (κ1) is 43.0. The Hall–Kier alpha value is -3.69. The SMILES string of the molecule is CC=C(C)C(=O)OC1(C)CC=C2CSSCC3C(CNC)CN3C(=O)CC3=C(C=C(N)NC3)C2C12Cc1cc3cc(C4(C(CO)CCO)CCCCC4)c(=O)oc3cc1O2. The fourth-order valence-corrected chi connectivity index (χ4v) is 13.6. The Bertz CT molecular complexity index is 2210. The predicted molar refractivity (Wildman–Crippen MR) is 236 cm³/mol. The molecule has 6 N–H and O–H groups in total. The van der Waals surface area contributed by atoms with E-state index in [1.54, 1.807) is 40.7 Å². The van der Waals surface area contributed by atoms with Crippen LogP contribution in [-0.2, 0) is 26.2 Å². The van der Waals surface area contributed by atoms with E-state index in [0.29, 0.717) is 72.3 Å². The summed E-state index contributed by atoms with van der Waals surface area (Å²) in [5.41, 5.74) is 8.43. The van der Waals surface area contributed by atoms with E-state index in [1.165, 1.54) is 0 Å². The molecule has 0 radical (unpaired) electrons. The molecular formula is C46H60N4O8S2. The van der Waals surface area contributed by atoms with Crippen molar-refractivity contribution in [2.24, 2.45) is 23.5 Å². The number of dihydropyridines is 1.